The van der Waals surface area contributed by atoms with Crippen LogP contribution in [0.4, 0.5) is 4.79 Å². The molecule has 2 atom stereocenters. The first kappa shape index (κ1) is 17.8. The van der Waals surface area contributed by atoms with Crippen molar-refractivity contribution in [2.24, 2.45) is 17.8 Å². The van der Waals surface area contributed by atoms with E-state index in [-0.39, 0.29) is 24.5 Å². The third kappa shape index (κ3) is 6.80. The Balaban J connectivity index is 2.32. The zero-order valence-electron chi connectivity index (χ0n) is 13.2. The van der Waals surface area contributed by atoms with Crippen molar-refractivity contribution in [1.82, 2.24) is 10.6 Å². The van der Waals surface area contributed by atoms with Gasteiger partial charge in [0.1, 0.15) is 0 Å². The predicted octanol–water partition coefficient (Wildman–Crippen LogP) is 1.85. The van der Waals surface area contributed by atoms with E-state index in [1.165, 1.54) is 0 Å². The average molecular weight is 300 g/mol. The lowest BCUT2D eigenvalue weighted by Gasteiger charge is -2.28. The molecule has 2 amide bonds. The molecule has 0 saturated carbocycles. The summed E-state index contributed by atoms with van der Waals surface area (Å²) < 4.78 is 5.30. The lowest BCUT2D eigenvalue weighted by molar-refractivity contribution is -0.142. The number of hydrogen-bond donors (Lipinski definition) is 3. The van der Waals surface area contributed by atoms with Crippen LogP contribution in [0.15, 0.2) is 0 Å². The smallest absolute Gasteiger partial charge is 0.315 e. The standard InChI is InChI=1S/C15H28N2O4/c1-10(2)8-13(14(18)19)9-16-15(20)17-11(3)12-4-6-21-7-5-12/h10-13H,4-9H2,1-3H3,(H,18,19)(H2,16,17,20). The summed E-state index contributed by atoms with van der Waals surface area (Å²) >= 11 is 0. The second-order valence-corrected chi connectivity index (χ2v) is 6.26. The van der Waals surface area contributed by atoms with Crippen LogP contribution in [0.2, 0.25) is 0 Å². The van der Waals surface area contributed by atoms with Crippen molar-refractivity contribution in [3.63, 3.8) is 0 Å². The van der Waals surface area contributed by atoms with Gasteiger partial charge in [0.25, 0.3) is 0 Å². The fourth-order valence-electron chi connectivity index (χ4n) is 2.65. The number of aliphatic carboxylic acids is 1. The maximum atomic E-state index is 11.9. The second kappa shape index (κ2) is 8.87. The molecule has 1 aliphatic heterocycles. The minimum Gasteiger partial charge on any atom is -0.481 e. The van der Waals surface area contributed by atoms with Crippen molar-refractivity contribution < 1.29 is 19.4 Å². The Labute approximate surface area is 126 Å². The Morgan fingerprint density at radius 3 is 2.38 bits per heavy atom. The lowest BCUT2D eigenvalue weighted by atomic mass is 9.93. The monoisotopic (exact) mass is 300 g/mol. The Hall–Kier alpha value is -1.30. The fourth-order valence-corrected chi connectivity index (χ4v) is 2.65. The van der Waals surface area contributed by atoms with E-state index in [4.69, 9.17) is 9.84 Å². The van der Waals surface area contributed by atoms with Crippen LogP contribution >= 0.6 is 0 Å². The van der Waals surface area contributed by atoms with Crippen LogP contribution in [-0.4, -0.2) is 42.9 Å². The number of ether oxygens (including phenoxy) is 1. The van der Waals surface area contributed by atoms with Crippen molar-refractivity contribution in [2.45, 2.75) is 46.1 Å². The number of nitrogens with one attached hydrogen (secondary N) is 2. The van der Waals surface area contributed by atoms with Gasteiger partial charge < -0.3 is 20.5 Å². The number of carboxylic acid groups (broad SMARTS) is 1. The molecule has 1 saturated heterocycles. The van der Waals surface area contributed by atoms with Crippen molar-refractivity contribution in [2.75, 3.05) is 19.8 Å². The summed E-state index contributed by atoms with van der Waals surface area (Å²) in [6.45, 7) is 7.59. The summed E-state index contributed by atoms with van der Waals surface area (Å²) in [5, 5.41) is 14.7. The molecule has 0 aromatic heterocycles. The van der Waals surface area contributed by atoms with Crippen LogP contribution in [0, 0.1) is 17.8 Å². The molecular formula is C15H28N2O4. The summed E-state index contributed by atoms with van der Waals surface area (Å²) in [7, 11) is 0. The summed E-state index contributed by atoms with van der Waals surface area (Å²) in [6, 6.07) is -0.216. The van der Waals surface area contributed by atoms with Crippen molar-refractivity contribution in [3.05, 3.63) is 0 Å². The van der Waals surface area contributed by atoms with E-state index in [0.717, 1.165) is 26.1 Å². The quantitative estimate of drug-likeness (QED) is 0.669. The highest BCUT2D eigenvalue weighted by Gasteiger charge is 2.23. The molecule has 0 aromatic carbocycles. The SMILES string of the molecule is CC(C)CC(CNC(=O)NC(C)C1CCOCC1)C(=O)O. The number of hydrogen-bond acceptors (Lipinski definition) is 3. The summed E-state index contributed by atoms with van der Waals surface area (Å²) in [5.74, 6) is -0.678. The lowest BCUT2D eigenvalue weighted by Crippen LogP contribution is -2.47. The van der Waals surface area contributed by atoms with E-state index < -0.39 is 11.9 Å². The Morgan fingerprint density at radius 1 is 1.24 bits per heavy atom. The van der Waals surface area contributed by atoms with Gasteiger partial charge in [0, 0.05) is 25.8 Å². The summed E-state index contributed by atoms with van der Waals surface area (Å²) in [5.41, 5.74) is 0. The molecule has 1 heterocycles. The van der Waals surface area contributed by atoms with Gasteiger partial charge in [0.05, 0.1) is 5.92 Å². The third-order valence-corrected chi connectivity index (χ3v) is 3.95. The normalized spacial score (nSPS) is 19.0. The minimum atomic E-state index is -0.860. The minimum absolute atomic E-state index is 0.0716. The Bertz CT molecular complexity index is 341. The molecule has 6 nitrogen and oxygen atoms in total. The van der Waals surface area contributed by atoms with Crippen molar-refractivity contribution in [3.8, 4) is 0 Å². The molecular weight excluding hydrogens is 272 g/mol. The number of carboxylic acids is 1. The molecule has 0 aliphatic carbocycles. The summed E-state index contributed by atoms with van der Waals surface area (Å²) in [6.07, 6.45) is 2.46. The van der Waals surface area contributed by atoms with E-state index in [0.29, 0.717) is 12.3 Å². The van der Waals surface area contributed by atoms with Crippen LogP contribution in [0.25, 0.3) is 0 Å². The number of rotatable bonds is 7. The highest BCUT2D eigenvalue weighted by Crippen LogP contribution is 2.18. The highest BCUT2D eigenvalue weighted by molar-refractivity contribution is 5.76. The molecule has 1 rings (SSSR count). The highest BCUT2D eigenvalue weighted by atomic mass is 16.5. The number of carbonyl (C=O) groups is 2. The van der Waals surface area contributed by atoms with Gasteiger partial charge in [-0.05, 0) is 38.0 Å². The van der Waals surface area contributed by atoms with Crippen molar-refractivity contribution >= 4 is 12.0 Å². The summed E-state index contributed by atoms with van der Waals surface area (Å²) in [4.78, 5) is 23.0. The molecule has 1 aliphatic rings. The first-order valence-electron chi connectivity index (χ1n) is 7.75. The van der Waals surface area contributed by atoms with E-state index in [1.807, 2.05) is 20.8 Å². The van der Waals surface area contributed by atoms with Gasteiger partial charge in [0.2, 0.25) is 0 Å². The zero-order chi connectivity index (χ0) is 15.8. The average Bonchev–Trinajstić information content (AvgIpc) is 2.43. The number of carbonyl (C=O) groups excluding carboxylic acids is 1. The van der Waals surface area contributed by atoms with Gasteiger partial charge in [-0.2, -0.15) is 0 Å². The van der Waals surface area contributed by atoms with E-state index in [9.17, 15) is 9.59 Å². The van der Waals surface area contributed by atoms with Crippen LogP contribution < -0.4 is 10.6 Å². The van der Waals surface area contributed by atoms with Gasteiger partial charge in [-0.3, -0.25) is 4.79 Å². The van der Waals surface area contributed by atoms with Crippen LogP contribution in [0.5, 0.6) is 0 Å². The van der Waals surface area contributed by atoms with Gasteiger partial charge in [-0.15, -0.1) is 0 Å². The maximum absolute atomic E-state index is 11.9. The molecule has 6 heteroatoms. The van der Waals surface area contributed by atoms with Crippen LogP contribution in [0.1, 0.15) is 40.0 Å². The van der Waals surface area contributed by atoms with Gasteiger partial charge >= 0.3 is 12.0 Å². The molecule has 0 aromatic rings. The van der Waals surface area contributed by atoms with E-state index in [2.05, 4.69) is 10.6 Å². The van der Waals surface area contributed by atoms with Crippen LogP contribution in [0.3, 0.4) is 0 Å². The van der Waals surface area contributed by atoms with Gasteiger partial charge in [-0.25, -0.2) is 4.79 Å². The molecule has 0 spiro atoms. The number of urea groups is 1. The molecule has 21 heavy (non-hydrogen) atoms. The van der Waals surface area contributed by atoms with Gasteiger partial charge in [-0.1, -0.05) is 13.8 Å². The number of amides is 2. The molecule has 0 radical (unpaired) electrons. The van der Waals surface area contributed by atoms with E-state index in [1.54, 1.807) is 0 Å². The predicted molar refractivity (Wildman–Crippen MR) is 80.1 cm³/mol. The molecule has 2 unspecified atom stereocenters. The molecule has 3 N–H and O–H groups in total. The topological polar surface area (TPSA) is 87.7 Å². The largest absolute Gasteiger partial charge is 0.481 e. The molecule has 122 valence electrons. The Morgan fingerprint density at radius 2 is 1.86 bits per heavy atom. The molecule has 1 fully saturated rings. The zero-order valence-corrected chi connectivity index (χ0v) is 13.2. The van der Waals surface area contributed by atoms with E-state index >= 15 is 0 Å². The molecule has 0 bridgehead atoms. The first-order chi connectivity index (χ1) is 9.90. The maximum Gasteiger partial charge on any atom is 0.315 e. The first-order valence-corrected chi connectivity index (χ1v) is 7.75. The van der Waals surface area contributed by atoms with Crippen LogP contribution in [-0.2, 0) is 9.53 Å². The Kier molecular flexibility index (Phi) is 7.50. The van der Waals surface area contributed by atoms with Gasteiger partial charge in [0.15, 0.2) is 0 Å². The fraction of sp³-hybridized carbons (Fsp3) is 0.867. The second-order valence-electron chi connectivity index (χ2n) is 6.26. The van der Waals surface area contributed by atoms with Crippen molar-refractivity contribution in [1.29, 1.82) is 0 Å². The third-order valence-electron chi connectivity index (χ3n) is 3.95.